The lowest BCUT2D eigenvalue weighted by molar-refractivity contribution is 0.104. The first-order valence-corrected chi connectivity index (χ1v) is 11.3. The fraction of sp³-hybridized carbons (Fsp3) is 0.542. The average molecular weight is 438 g/mol. The number of aromatic hydroxyl groups is 1. The highest BCUT2D eigenvalue weighted by atomic mass is 35.5. The zero-order valence-corrected chi connectivity index (χ0v) is 20.1. The van der Waals surface area contributed by atoms with E-state index in [1.54, 1.807) is 0 Å². The number of benzene rings is 1. The fourth-order valence-corrected chi connectivity index (χ4v) is 4.03. The van der Waals surface area contributed by atoms with Gasteiger partial charge in [0.25, 0.3) is 0 Å². The Morgan fingerprint density at radius 2 is 1.72 bits per heavy atom. The highest BCUT2D eigenvalue weighted by Gasteiger charge is 2.24. The predicted molar refractivity (Wildman–Crippen MR) is 127 cm³/mol. The Labute approximate surface area is 186 Å². The number of ketones is 1. The molecule has 1 aromatic heterocycles. The SMILES string of the molecule is CCCCN(CCCC)Cc1cc(C(=O)c2cccs2)cc(C(C)(C)C)c1O.Cl. The van der Waals surface area contributed by atoms with Crippen LogP contribution in [0.3, 0.4) is 0 Å². The van der Waals surface area contributed by atoms with E-state index >= 15 is 0 Å². The van der Waals surface area contributed by atoms with Gasteiger partial charge in [-0.25, -0.2) is 0 Å². The Kier molecular flexibility index (Phi) is 10.4. The molecule has 29 heavy (non-hydrogen) atoms. The number of unbranched alkanes of at least 4 members (excludes halogenated alkanes) is 2. The lowest BCUT2D eigenvalue weighted by atomic mass is 9.83. The number of carbonyl (C=O) groups excluding carboxylic acids is 1. The Hall–Kier alpha value is -1.36. The van der Waals surface area contributed by atoms with E-state index in [0.717, 1.165) is 54.8 Å². The maximum Gasteiger partial charge on any atom is 0.202 e. The molecule has 0 radical (unpaired) electrons. The molecular formula is C24H36ClNO2S. The molecule has 0 amide bonds. The summed E-state index contributed by atoms with van der Waals surface area (Å²) < 4.78 is 0. The summed E-state index contributed by atoms with van der Waals surface area (Å²) in [6.45, 7) is 13.4. The predicted octanol–water partition coefficient (Wildman–Crippen LogP) is 6.81. The van der Waals surface area contributed by atoms with Gasteiger partial charge >= 0.3 is 0 Å². The number of nitrogens with zero attached hydrogens (tertiary/aromatic N) is 1. The largest absolute Gasteiger partial charge is 0.507 e. The van der Waals surface area contributed by atoms with E-state index in [1.807, 2.05) is 29.6 Å². The van der Waals surface area contributed by atoms with Crippen molar-refractivity contribution in [2.24, 2.45) is 0 Å². The first-order chi connectivity index (χ1) is 13.3. The number of rotatable bonds is 10. The third kappa shape index (κ3) is 7.13. The van der Waals surface area contributed by atoms with Crippen LogP contribution in [0, 0.1) is 0 Å². The Morgan fingerprint density at radius 3 is 2.21 bits per heavy atom. The van der Waals surface area contributed by atoms with Crippen LogP contribution in [0.1, 0.15) is 86.7 Å². The number of halogens is 1. The number of carbonyl (C=O) groups is 1. The van der Waals surface area contributed by atoms with Gasteiger partial charge in [-0.3, -0.25) is 9.69 Å². The highest BCUT2D eigenvalue weighted by Crippen LogP contribution is 2.36. The van der Waals surface area contributed by atoms with Gasteiger partial charge in [-0.2, -0.15) is 0 Å². The van der Waals surface area contributed by atoms with E-state index in [-0.39, 0.29) is 23.6 Å². The van der Waals surface area contributed by atoms with E-state index in [1.165, 1.54) is 11.3 Å². The number of hydrogen-bond donors (Lipinski definition) is 1. The fourth-order valence-electron chi connectivity index (χ4n) is 3.34. The normalized spacial score (nSPS) is 11.5. The molecule has 1 heterocycles. The second-order valence-electron chi connectivity index (χ2n) is 8.57. The van der Waals surface area contributed by atoms with E-state index in [9.17, 15) is 9.90 Å². The Bertz CT molecular complexity index is 758. The number of thiophene rings is 1. The standard InChI is InChI=1S/C24H35NO2S.ClH/c1-6-8-12-25(13-9-7-2)17-19-15-18(23(27)21-11-10-14-28-21)16-20(22(19)26)24(3,4)5;/h10-11,14-16,26H,6-9,12-13,17H2,1-5H3;1H. The maximum absolute atomic E-state index is 13.0. The van der Waals surface area contributed by atoms with Crippen LogP contribution in [0.5, 0.6) is 5.75 Å². The van der Waals surface area contributed by atoms with Gasteiger partial charge < -0.3 is 5.11 Å². The van der Waals surface area contributed by atoms with Crippen molar-refractivity contribution in [2.75, 3.05) is 13.1 Å². The van der Waals surface area contributed by atoms with Crippen molar-refractivity contribution < 1.29 is 9.90 Å². The molecule has 3 nitrogen and oxygen atoms in total. The van der Waals surface area contributed by atoms with Crippen LogP contribution in [0.4, 0.5) is 0 Å². The van der Waals surface area contributed by atoms with Gasteiger partial charge in [-0.1, -0.05) is 53.5 Å². The molecule has 0 bridgehead atoms. The number of phenolic OH excluding ortho intramolecular Hbond substituents is 1. The molecule has 2 rings (SSSR count). The molecule has 0 aliphatic rings. The third-order valence-electron chi connectivity index (χ3n) is 5.05. The number of hydrogen-bond acceptors (Lipinski definition) is 4. The van der Waals surface area contributed by atoms with E-state index < -0.39 is 0 Å². The summed E-state index contributed by atoms with van der Waals surface area (Å²) in [6.07, 6.45) is 4.59. The molecule has 0 saturated heterocycles. The van der Waals surface area contributed by atoms with Crippen LogP contribution in [0.15, 0.2) is 29.6 Å². The topological polar surface area (TPSA) is 40.5 Å². The van der Waals surface area contributed by atoms with Crippen LogP contribution in [0.2, 0.25) is 0 Å². The molecule has 0 fully saturated rings. The summed E-state index contributed by atoms with van der Waals surface area (Å²) in [5.41, 5.74) is 2.14. The lowest BCUT2D eigenvalue weighted by Gasteiger charge is -2.26. The zero-order chi connectivity index (χ0) is 20.7. The molecule has 0 saturated carbocycles. The molecule has 0 aliphatic carbocycles. The quantitative estimate of drug-likeness (QED) is 0.415. The zero-order valence-electron chi connectivity index (χ0n) is 18.5. The first-order valence-electron chi connectivity index (χ1n) is 10.4. The van der Waals surface area contributed by atoms with Crippen molar-refractivity contribution in [3.63, 3.8) is 0 Å². The molecule has 0 unspecified atom stereocenters. The summed E-state index contributed by atoms with van der Waals surface area (Å²) >= 11 is 1.46. The van der Waals surface area contributed by atoms with E-state index in [2.05, 4.69) is 39.5 Å². The van der Waals surface area contributed by atoms with Gasteiger partial charge in [0.1, 0.15) is 5.75 Å². The first kappa shape index (κ1) is 25.7. The Morgan fingerprint density at radius 1 is 1.10 bits per heavy atom. The maximum atomic E-state index is 13.0. The second kappa shape index (κ2) is 11.7. The smallest absolute Gasteiger partial charge is 0.202 e. The van der Waals surface area contributed by atoms with Crippen molar-refractivity contribution in [3.8, 4) is 5.75 Å². The van der Waals surface area contributed by atoms with Crippen LogP contribution >= 0.6 is 23.7 Å². The molecular weight excluding hydrogens is 402 g/mol. The number of phenols is 1. The molecule has 5 heteroatoms. The van der Waals surface area contributed by atoms with Gasteiger partial charge in [-0.05, 0) is 54.9 Å². The van der Waals surface area contributed by atoms with Crippen molar-refractivity contribution >= 4 is 29.5 Å². The minimum Gasteiger partial charge on any atom is -0.507 e. The summed E-state index contributed by atoms with van der Waals surface area (Å²) in [5.74, 6) is 0.378. The van der Waals surface area contributed by atoms with Gasteiger partial charge in [0, 0.05) is 23.2 Å². The van der Waals surface area contributed by atoms with Crippen molar-refractivity contribution in [2.45, 2.75) is 72.3 Å². The molecule has 0 spiro atoms. The monoisotopic (exact) mass is 437 g/mol. The minimum absolute atomic E-state index is 0. The summed E-state index contributed by atoms with van der Waals surface area (Å²) in [5, 5.41) is 13.0. The molecule has 162 valence electrons. The van der Waals surface area contributed by atoms with E-state index in [0.29, 0.717) is 17.9 Å². The minimum atomic E-state index is -0.234. The average Bonchev–Trinajstić information content (AvgIpc) is 3.18. The summed E-state index contributed by atoms with van der Waals surface area (Å²) in [7, 11) is 0. The van der Waals surface area contributed by atoms with Crippen molar-refractivity contribution in [3.05, 3.63) is 51.2 Å². The van der Waals surface area contributed by atoms with Crippen LogP contribution in [-0.2, 0) is 12.0 Å². The molecule has 1 aromatic carbocycles. The van der Waals surface area contributed by atoms with E-state index in [4.69, 9.17) is 0 Å². The van der Waals surface area contributed by atoms with Crippen LogP contribution in [0.25, 0.3) is 0 Å². The molecule has 0 atom stereocenters. The Balaban J connectivity index is 0.00000420. The third-order valence-corrected chi connectivity index (χ3v) is 5.92. The van der Waals surface area contributed by atoms with Gasteiger partial charge in [-0.15, -0.1) is 23.7 Å². The van der Waals surface area contributed by atoms with Crippen LogP contribution < -0.4 is 0 Å². The highest BCUT2D eigenvalue weighted by molar-refractivity contribution is 7.12. The van der Waals surface area contributed by atoms with Gasteiger partial charge in [0.15, 0.2) is 0 Å². The molecule has 0 aliphatic heterocycles. The van der Waals surface area contributed by atoms with Crippen molar-refractivity contribution in [1.29, 1.82) is 0 Å². The molecule has 1 N–H and O–H groups in total. The summed E-state index contributed by atoms with van der Waals surface area (Å²) in [6, 6.07) is 7.55. The van der Waals surface area contributed by atoms with Crippen LogP contribution in [-0.4, -0.2) is 28.9 Å². The van der Waals surface area contributed by atoms with Crippen molar-refractivity contribution in [1.82, 2.24) is 4.90 Å². The summed E-state index contributed by atoms with van der Waals surface area (Å²) in [4.78, 5) is 16.1. The van der Waals surface area contributed by atoms with Gasteiger partial charge in [0.05, 0.1) is 4.88 Å². The second-order valence-corrected chi connectivity index (χ2v) is 9.52. The molecule has 2 aromatic rings. The van der Waals surface area contributed by atoms with Gasteiger partial charge in [0.2, 0.25) is 5.78 Å². The lowest BCUT2D eigenvalue weighted by Crippen LogP contribution is -2.26.